The van der Waals surface area contributed by atoms with Gasteiger partial charge in [0, 0.05) is 23.0 Å². The lowest BCUT2D eigenvalue weighted by atomic mass is 10.1. The largest absolute Gasteiger partial charge is 0.352 e. The average molecular weight is 274 g/mol. The van der Waals surface area contributed by atoms with Gasteiger partial charge in [0.25, 0.3) is 5.91 Å². The van der Waals surface area contributed by atoms with Crippen molar-refractivity contribution in [1.29, 1.82) is 0 Å². The van der Waals surface area contributed by atoms with Gasteiger partial charge >= 0.3 is 0 Å². The molecular weight excluding hydrogens is 257 g/mol. The summed E-state index contributed by atoms with van der Waals surface area (Å²) in [7, 11) is 0. The third-order valence-corrected chi connectivity index (χ3v) is 3.21. The molecule has 1 rings (SSSR count). The molecule has 0 aliphatic rings. The first kappa shape index (κ1) is 14.3. The molecule has 0 fully saturated rings. The van der Waals surface area contributed by atoms with Gasteiger partial charge < -0.3 is 5.32 Å². The van der Waals surface area contributed by atoms with E-state index in [4.69, 9.17) is 23.2 Å². The first-order valence-electron chi connectivity index (χ1n) is 5.75. The van der Waals surface area contributed by atoms with Crippen LogP contribution in [0.4, 0.5) is 0 Å². The van der Waals surface area contributed by atoms with Crippen LogP contribution in [-0.4, -0.2) is 18.3 Å². The molecule has 2 nitrogen and oxygen atoms in total. The van der Waals surface area contributed by atoms with E-state index in [1.165, 1.54) is 0 Å². The van der Waals surface area contributed by atoms with Gasteiger partial charge in [-0.15, -0.1) is 11.6 Å². The Labute approximate surface area is 112 Å². The van der Waals surface area contributed by atoms with E-state index in [0.717, 1.165) is 24.8 Å². The number of benzene rings is 1. The summed E-state index contributed by atoms with van der Waals surface area (Å²) in [4.78, 5) is 11.8. The molecule has 0 aliphatic carbocycles. The number of hydrogen-bond donors (Lipinski definition) is 1. The molecule has 0 atom stereocenters. The minimum Gasteiger partial charge on any atom is -0.352 e. The number of rotatable bonds is 6. The average Bonchev–Trinajstić information content (AvgIpc) is 2.32. The van der Waals surface area contributed by atoms with E-state index < -0.39 is 0 Å². The molecule has 1 aromatic rings. The molecule has 4 heteroatoms. The number of unbranched alkanes of at least 4 members (excludes halogenated alkanes) is 2. The molecule has 0 bridgehead atoms. The number of halogens is 2. The predicted molar refractivity (Wildman–Crippen MR) is 73.1 cm³/mol. The van der Waals surface area contributed by atoms with Crippen molar-refractivity contribution in [1.82, 2.24) is 5.32 Å². The van der Waals surface area contributed by atoms with Gasteiger partial charge in [0.15, 0.2) is 0 Å². The van der Waals surface area contributed by atoms with Crippen LogP contribution in [0.5, 0.6) is 0 Å². The molecule has 0 saturated carbocycles. The Morgan fingerprint density at radius 3 is 2.71 bits per heavy atom. The quantitative estimate of drug-likeness (QED) is 0.620. The molecule has 0 unspecified atom stereocenters. The normalized spacial score (nSPS) is 10.3. The number of hydrogen-bond acceptors (Lipinski definition) is 1. The lowest BCUT2D eigenvalue weighted by Gasteiger charge is -2.06. The third-order valence-electron chi connectivity index (χ3n) is 2.52. The highest BCUT2D eigenvalue weighted by molar-refractivity contribution is 6.31. The van der Waals surface area contributed by atoms with Crippen LogP contribution in [0.1, 0.15) is 35.2 Å². The fourth-order valence-electron chi connectivity index (χ4n) is 1.49. The van der Waals surface area contributed by atoms with Crippen molar-refractivity contribution in [3.8, 4) is 0 Å². The van der Waals surface area contributed by atoms with Crippen molar-refractivity contribution in [2.75, 3.05) is 12.4 Å². The number of carbonyl (C=O) groups excluding carboxylic acids is 1. The third kappa shape index (κ3) is 4.97. The summed E-state index contributed by atoms with van der Waals surface area (Å²) < 4.78 is 0. The van der Waals surface area contributed by atoms with Crippen molar-refractivity contribution in [3.63, 3.8) is 0 Å². The van der Waals surface area contributed by atoms with Gasteiger partial charge in [0.05, 0.1) is 0 Å². The summed E-state index contributed by atoms with van der Waals surface area (Å²) in [5.74, 6) is 0.639. The molecule has 17 heavy (non-hydrogen) atoms. The number of nitrogens with one attached hydrogen (secondary N) is 1. The topological polar surface area (TPSA) is 29.1 Å². The molecule has 0 radical (unpaired) electrons. The van der Waals surface area contributed by atoms with Gasteiger partial charge in [0.1, 0.15) is 0 Å². The van der Waals surface area contributed by atoms with Crippen LogP contribution in [0, 0.1) is 6.92 Å². The Morgan fingerprint density at radius 2 is 2.06 bits per heavy atom. The fourth-order valence-corrected chi connectivity index (χ4v) is 1.79. The molecule has 0 aromatic heterocycles. The van der Waals surface area contributed by atoms with E-state index in [9.17, 15) is 4.79 Å². The Morgan fingerprint density at radius 1 is 1.29 bits per heavy atom. The van der Waals surface area contributed by atoms with Gasteiger partial charge in [-0.05, 0) is 43.5 Å². The smallest absolute Gasteiger partial charge is 0.251 e. The maximum atomic E-state index is 11.8. The van der Waals surface area contributed by atoms with Crippen LogP contribution in [-0.2, 0) is 0 Å². The van der Waals surface area contributed by atoms with Gasteiger partial charge in [-0.2, -0.15) is 0 Å². The van der Waals surface area contributed by atoms with Crippen LogP contribution >= 0.6 is 23.2 Å². The van der Waals surface area contributed by atoms with Gasteiger partial charge in [0.2, 0.25) is 0 Å². The predicted octanol–water partition coefficient (Wildman–Crippen LogP) is 3.79. The number of amides is 1. The van der Waals surface area contributed by atoms with Gasteiger partial charge in [-0.3, -0.25) is 4.79 Å². The second-order valence-electron chi connectivity index (χ2n) is 3.97. The van der Waals surface area contributed by atoms with E-state index in [-0.39, 0.29) is 5.91 Å². The molecule has 0 aliphatic heterocycles. The second kappa shape index (κ2) is 7.57. The molecule has 0 spiro atoms. The first-order valence-corrected chi connectivity index (χ1v) is 6.66. The standard InChI is InChI=1S/C13H17Cl2NO/c1-10-9-11(5-6-12(10)15)13(17)16-8-4-2-3-7-14/h5-6,9H,2-4,7-8H2,1H3,(H,16,17). The van der Waals surface area contributed by atoms with Crippen molar-refractivity contribution < 1.29 is 4.79 Å². The summed E-state index contributed by atoms with van der Waals surface area (Å²) in [6, 6.07) is 5.29. The highest BCUT2D eigenvalue weighted by atomic mass is 35.5. The molecule has 1 aromatic carbocycles. The summed E-state index contributed by atoms with van der Waals surface area (Å²) >= 11 is 11.5. The van der Waals surface area contributed by atoms with Crippen molar-refractivity contribution in [2.24, 2.45) is 0 Å². The van der Waals surface area contributed by atoms with Gasteiger partial charge in [-0.25, -0.2) is 0 Å². The van der Waals surface area contributed by atoms with Gasteiger partial charge in [-0.1, -0.05) is 18.0 Å². The molecule has 0 saturated heterocycles. The molecular formula is C13H17Cl2NO. The number of carbonyl (C=O) groups is 1. The zero-order valence-electron chi connectivity index (χ0n) is 9.93. The van der Waals surface area contributed by atoms with E-state index in [0.29, 0.717) is 23.0 Å². The lowest BCUT2D eigenvalue weighted by molar-refractivity contribution is 0.0953. The minimum atomic E-state index is -0.0457. The maximum Gasteiger partial charge on any atom is 0.251 e. The number of aryl methyl sites for hydroxylation is 1. The summed E-state index contributed by atoms with van der Waals surface area (Å²) in [6.07, 6.45) is 3.01. The van der Waals surface area contributed by atoms with Crippen LogP contribution in [0.15, 0.2) is 18.2 Å². The minimum absolute atomic E-state index is 0.0457. The van der Waals surface area contributed by atoms with E-state index in [1.54, 1.807) is 18.2 Å². The Balaban J connectivity index is 2.39. The van der Waals surface area contributed by atoms with E-state index in [1.807, 2.05) is 6.92 Å². The van der Waals surface area contributed by atoms with Crippen LogP contribution < -0.4 is 5.32 Å². The lowest BCUT2D eigenvalue weighted by Crippen LogP contribution is -2.24. The first-order chi connectivity index (χ1) is 8.15. The Bertz CT molecular complexity index is 380. The zero-order valence-corrected chi connectivity index (χ0v) is 11.4. The van der Waals surface area contributed by atoms with Crippen LogP contribution in [0.3, 0.4) is 0 Å². The zero-order chi connectivity index (χ0) is 12.7. The second-order valence-corrected chi connectivity index (χ2v) is 4.75. The molecule has 0 heterocycles. The fraction of sp³-hybridized carbons (Fsp3) is 0.462. The Kier molecular flexibility index (Phi) is 6.38. The van der Waals surface area contributed by atoms with Crippen molar-refractivity contribution >= 4 is 29.1 Å². The van der Waals surface area contributed by atoms with E-state index in [2.05, 4.69) is 5.32 Å². The van der Waals surface area contributed by atoms with Crippen molar-refractivity contribution in [3.05, 3.63) is 34.3 Å². The van der Waals surface area contributed by atoms with Crippen LogP contribution in [0.25, 0.3) is 0 Å². The van der Waals surface area contributed by atoms with E-state index >= 15 is 0 Å². The summed E-state index contributed by atoms with van der Waals surface area (Å²) in [5.41, 5.74) is 1.57. The summed E-state index contributed by atoms with van der Waals surface area (Å²) in [5, 5.41) is 3.56. The molecule has 1 N–H and O–H groups in total. The van der Waals surface area contributed by atoms with Crippen molar-refractivity contribution in [2.45, 2.75) is 26.2 Å². The SMILES string of the molecule is Cc1cc(C(=O)NCCCCCCl)ccc1Cl. The highest BCUT2D eigenvalue weighted by Gasteiger charge is 2.05. The number of alkyl halides is 1. The molecule has 94 valence electrons. The Hall–Kier alpha value is -0.730. The summed E-state index contributed by atoms with van der Waals surface area (Å²) in [6.45, 7) is 2.58. The maximum absolute atomic E-state index is 11.8. The highest BCUT2D eigenvalue weighted by Crippen LogP contribution is 2.16. The molecule has 1 amide bonds. The monoisotopic (exact) mass is 273 g/mol. The van der Waals surface area contributed by atoms with Crippen LogP contribution in [0.2, 0.25) is 5.02 Å².